The lowest BCUT2D eigenvalue weighted by molar-refractivity contribution is -0.138. The smallest absolute Gasteiger partial charge is 0.354 e. The summed E-state index contributed by atoms with van der Waals surface area (Å²) in [6.07, 6.45) is 0.941. The summed E-state index contributed by atoms with van der Waals surface area (Å²) in [7, 11) is 2.37. The fraction of sp³-hybridized carbons (Fsp3) is 0.188. The molecule has 0 radical (unpaired) electrons. The van der Waals surface area contributed by atoms with Gasteiger partial charge >= 0.3 is 11.9 Å². The molecule has 0 amide bonds. The minimum Gasteiger partial charge on any atom is -0.466 e. The van der Waals surface area contributed by atoms with Gasteiger partial charge in [-0.2, -0.15) is 0 Å². The molecule has 0 aliphatic heterocycles. The monoisotopic (exact) mass is 333 g/mol. The van der Waals surface area contributed by atoms with Crippen molar-refractivity contribution in [3.8, 4) is 0 Å². The van der Waals surface area contributed by atoms with E-state index in [1.165, 1.54) is 25.6 Å². The maximum atomic E-state index is 12.5. The molecule has 0 bridgehead atoms. The molecule has 1 aromatic heterocycles. The summed E-state index contributed by atoms with van der Waals surface area (Å²) in [6.45, 7) is 1.89. The van der Waals surface area contributed by atoms with Gasteiger partial charge in [0.25, 0.3) is 0 Å². The predicted molar refractivity (Wildman–Crippen MR) is 88.6 cm³/mol. The zero-order valence-corrected chi connectivity index (χ0v) is 13.7. The van der Waals surface area contributed by atoms with Crippen molar-refractivity contribution >= 4 is 39.0 Å². The van der Waals surface area contributed by atoms with Gasteiger partial charge in [0.2, 0.25) is 5.43 Å². The molecule has 0 spiro atoms. The number of fused-ring (bicyclic) bond motifs is 1. The molecular formula is C16H15NO5S. The van der Waals surface area contributed by atoms with E-state index in [-0.39, 0.29) is 16.8 Å². The first kappa shape index (κ1) is 16.7. The number of nitrogens with one attached hydrogen (secondary N) is 1. The van der Waals surface area contributed by atoms with Gasteiger partial charge in [-0.25, -0.2) is 9.59 Å². The number of carbonyl (C=O) groups is 2. The number of carbonyl (C=O) groups excluding carboxylic acids is 2. The number of anilines is 1. The number of ether oxygens (including phenoxy) is 2. The topological polar surface area (TPSA) is 81.7 Å². The molecule has 1 N–H and O–H groups in total. The molecule has 1 heterocycles. The summed E-state index contributed by atoms with van der Waals surface area (Å²) >= 11 is 1.35. The Bertz CT molecular complexity index is 853. The highest BCUT2D eigenvalue weighted by molar-refractivity contribution is 7.16. The number of hydrogen-bond acceptors (Lipinski definition) is 7. The number of esters is 2. The van der Waals surface area contributed by atoms with Crippen LogP contribution >= 0.6 is 11.3 Å². The molecule has 0 atom stereocenters. The first-order valence-electron chi connectivity index (χ1n) is 6.63. The Morgan fingerprint density at radius 3 is 2.61 bits per heavy atom. The molecule has 120 valence electrons. The molecule has 0 saturated carbocycles. The van der Waals surface area contributed by atoms with Gasteiger partial charge in [-0.3, -0.25) is 4.79 Å². The average molecular weight is 333 g/mol. The van der Waals surface area contributed by atoms with Crippen molar-refractivity contribution in [3.05, 3.63) is 51.1 Å². The van der Waals surface area contributed by atoms with Crippen molar-refractivity contribution in [1.29, 1.82) is 0 Å². The number of rotatable bonds is 4. The Morgan fingerprint density at radius 1 is 1.22 bits per heavy atom. The van der Waals surface area contributed by atoms with Crippen LogP contribution in [0.4, 0.5) is 5.69 Å². The second-order valence-electron chi connectivity index (χ2n) is 4.68. The number of hydrogen-bond donors (Lipinski definition) is 1. The summed E-state index contributed by atoms with van der Waals surface area (Å²) < 4.78 is 9.93. The maximum absolute atomic E-state index is 12.5. The highest BCUT2D eigenvalue weighted by Crippen LogP contribution is 2.21. The van der Waals surface area contributed by atoms with E-state index in [4.69, 9.17) is 0 Å². The van der Waals surface area contributed by atoms with Crippen LogP contribution in [0.15, 0.2) is 40.1 Å². The average Bonchev–Trinajstić information content (AvgIpc) is 2.56. The third kappa shape index (κ3) is 3.75. The van der Waals surface area contributed by atoms with Crippen LogP contribution in [-0.2, 0) is 19.1 Å². The minimum atomic E-state index is -0.774. The molecule has 0 saturated heterocycles. The Morgan fingerprint density at radius 2 is 1.96 bits per heavy atom. The first-order valence-corrected chi connectivity index (χ1v) is 7.51. The molecule has 0 aliphatic rings. The van der Waals surface area contributed by atoms with E-state index in [0.29, 0.717) is 5.39 Å². The van der Waals surface area contributed by atoms with Gasteiger partial charge < -0.3 is 14.8 Å². The molecule has 23 heavy (non-hydrogen) atoms. The molecule has 6 nitrogen and oxygen atoms in total. The molecular weight excluding hydrogens is 318 g/mol. The van der Waals surface area contributed by atoms with E-state index < -0.39 is 11.9 Å². The van der Waals surface area contributed by atoms with Crippen LogP contribution in [0.5, 0.6) is 0 Å². The van der Waals surface area contributed by atoms with Gasteiger partial charge in [0, 0.05) is 15.5 Å². The SMILES string of the molecule is COC(=O)/C=C(/Nc1csc2ccc(C)cc2c1=O)C(=O)OC. The quantitative estimate of drug-likeness (QED) is 0.682. The highest BCUT2D eigenvalue weighted by Gasteiger charge is 2.15. The minimum absolute atomic E-state index is 0.171. The Labute approximate surface area is 136 Å². The van der Waals surface area contributed by atoms with Crippen LogP contribution in [-0.4, -0.2) is 26.2 Å². The van der Waals surface area contributed by atoms with Crippen molar-refractivity contribution in [2.75, 3.05) is 19.5 Å². The van der Waals surface area contributed by atoms with Crippen molar-refractivity contribution in [2.24, 2.45) is 0 Å². The van der Waals surface area contributed by atoms with E-state index in [1.54, 1.807) is 11.4 Å². The third-order valence-corrected chi connectivity index (χ3v) is 4.03. The van der Waals surface area contributed by atoms with Crippen molar-refractivity contribution in [1.82, 2.24) is 0 Å². The van der Waals surface area contributed by atoms with E-state index >= 15 is 0 Å². The van der Waals surface area contributed by atoms with E-state index in [9.17, 15) is 14.4 Å². The van der Waals surface area contributed by atoms with E-state index in [2.05, 4.69) is 14.8 Å². The Kier molecular flexibility index (Phi) is 5.13. The lowest BCUT2D eigenvalue weighted by atomic mass is 10.2. The maximum Gasteiger partial charge on any atom is 0.354 e. The fourth-order valence-corrected chi connectivity index (χ4v) is 2.75. The van der Waals surface area contributed by atoms with Crippen molar-refractivity contribution < 1.29 is 19.1 Å². The second-order valence-corrected chi connectivity index (χ2v) is 5.59. The van der Waals surface area contributed by atoms with Gasteiger partial charge in [0.05, 0.1) is 26.0 Å². The molecule has 7 heteroatoms. The molecule has 0 aliphatic carbocycles. The first-order chi connectivity index (χ1) is 11.0. The zero-order valence-electron chi connectivity index (χ0n) is 12.8. The third-order valence-electron chi connectivity index (χ3n) is 3.07. The fourth-order valence-electron chi connectivity index (χ4n) is 1.91. The number of benzene rings is 1. The van der Waals surface area contributed by atoms with Crippen LogP contribution < -0.4 is 10.7 Å². The Hall–Kier alpha value is -2.67. The summed E-state index contributed by atoms with van der Waals surface area (Å²) in [6, 6.07) is 5.57. The predicted octanol–water partition coefficient (Wildman–Crippen LogP) is 2.21. The van der Waals surface area contributed by atoms with Gasteiger partial charge in [-0.15, -0.1) is 11.3 Å². The van der Waals surface area contributed by atoms with Crippen LogP contribution in [0.1, 0.15) is 5.56 Å². The van der Waals surface area contributed by atoms with Crippen LogP contribution in [0, 0.1) is 6.92 Å². The molecule has 0 unspecified atom stereocenters. The number of aryl methyl sites for hydroxylation is 1. The van der Waals surface area contributed by atoms with E-state index in [0.717, 1.165) is 16.3 Å². The number of methoxy groups -OCH3 is 2. The summed E-state index contributed by atoms with van der Waals surface area (Å²) in [5.74, 6) is -1.50. The lowest BCUT2D eigenvalue weighted by Crippen LogP contribution is -2.19. The largest absolute Gasteiger partial charge is 0.466 e. The van der Waals surface area contributed by atoms with Crippen molar-refractivity contribution in [2.45, 2.75) is 6.92 Å². The Balaban J connectivity index is 2.48. The lowest BCUT2D eigenvalue weighted by Gasteiger charge is -2.09. The van der Waals surface area contributed by atoms with Gasteiger partial charge in [0.1, 0.15) is 5.70 Å². The van der Waals surface area contributed by atoms with Gasteiger partial charge in [-0.1, -0.05) is 11.6 Å². The van der Waals surface area contributed by atoms with Crippen LogP contribution in [0.25, 0.3) is 10.1 Å². The zero-order chi connectivity index (χ0) is 17.0. The van der Waals surface area contributed by atoms with E-state index in [1.807, 2.05) is 19.1 Å². The summed E-state index contributed by atoms with van der Waals surface area (Å²) in [4.78, 5) is 35.6. The standard InChI is InChI=1S/C16H15NO5S/c1-9-4-5-13-10(6-9)15(19)12(8-23-13)17-11(16(20)22-3)7-14(18)21-2/h4-8,17H,1-3H3/b11-7+. The van der Waals surface area contributed by atoms with Crippen molar-refractivity contribution in [3.63, 3.8) is 0 Å². The molecule has 2 aromatic rings. The summed E-state index contributed by atoms with van der Waals surface area (Å²) in [5.41, 5.74) is 0.712. The van der Waals surface area contributed by atoms with Crippen LogP contribution in [0.3, 0.4) is 0 Å². The summed E-state index contributed by atoms with van der Waals surface area (Å²) in [5, 5.41) is 4.79. The normalized spacial score (nSPS) is 11.2. The second kappa shape index (κ2) is 7.06. The van der Waals surface area contributed by atoms with Gasteiger partial charge in [0.15, 0.2) is 0 Å². The molecule has 0 fully saturated rings. The van der Waals surface area contributed by atoms with Crippen LogP contribution in [0.2, 0.25) is 0 Å². The molecule has 1 aromatic carbocycles. The molecule has 2 rings (SSSR count). The highest BCUT2D eigenvalue weighted by atomic mass is 32.1. The van der Waals surface area contributed by atoms with Gasteiger partial charge in [-0.05, 0) is 19.1 Å².